The van der Waals surface area contributed by atoms with Gasteiger partial charge in [-0.15, -0.1) is 0 Å². The smallest absolute Gasteiger partial charge is 0.277 e. The molecule has 2 aromatic heterocycles. The van der Waals surface area contributed by atoms with Crippen LogP contribution < -0.4 is 10.9 Å². The Morgan fingerprint density at radius 2 is 2.00 bits per heavy atom. The van der Waals surface area contributed by atoms with Crippen LogP contribution in [0.3, 0.4) is 0 Å². The third kappa shape index (κ3) is 3.62. The molecule has 0 aliphatic rings. The summed E-state index contributed by atoms with van der Waals surface area (Å²) in [6, 6.07) is 9.87. The van der Waals surface area contributed by atoms with Gasteiger partial charge in [-0.2, -0.15) is 4.68 Å². The second-order valence-electron chi connectivity index (χ2n) is 6.19. The molecule has 0 fully saturated rings. The summed E-state index contributed by atoms with van der Waals surface area (Å²) >= 11 is 1.22. The van der Waals surface area contributed by atoms with E-state index in [1.54, 1.807) is 6.92 Å². The first-order valence-corrected chi connectivity index (χ1v) is 9.43. The van der Waals surface area contributed by atoms with E-state index >= 15 is 0 Å². The molecular formula is C19H22N4O2S. The van der Waals surface area contributed by atoms with E-state index in [-0.39, 0.29) is 11.5 Å². The van der Waals surface area contributed by atoms with Crippen LogP contribution in [0.1, 0.15) is 45.5 Å². The van der Waals surface area contributed by atoms with E-state index in [4.69, 9.17) is 0 Å². The van der Waals surface area contributed by atoms with E-state index in [2.05, 4.69) is 15.4 Å². The van der Waals surface area contributed by atoms with Crippen LogP contribution in [0, 0.1) is 13.8 Å². The molecule has 136 valence electrons. The fourth-order valence-corrected chi connectivity index (χ4v) is 3.67. The van der Waals surface area contributed by atoms with E-state index in [0.29, 0.717) is 34.2 Å². The molecule has 0 saturated carbocycles. The summed E-state index contributed by atoms with van der Waals surface area (Å²) in [4.78, 5) is 30.0. The zero-order valence-corrected chi connectivity index (χ0v) is 15.9. The topological polar surface area (TPSA) is 79.8 Å². The van der Waals surface area contributed by atoms with Crippen LogP contribution in [0.4, 0.5) is 0 Å². The maximum atomic E-state index is 12.9. The maximum absolute atomic E-state index is 12.9. The maximum Gasteiger partial charge on any atom is 0.277 e. The van der Waals surface area contributed by atoms with Gasteiger partial charge >= 0.3 is 0 Å². The van der Waals surface area contributed by atoms with Crippen molar-refractivity contribution in [3.63, 3.8) is 0 Å². The van der Waals surface area contributed by atoms with E-state index < -0.39 is 0 Å². The molecule has 1 amide bonds. The SMILES string of the molecule is CCCNC(=O)c1sc(-n2[nH]c(C)c(Cc3ccccc3)c2=O)nc1C. The summed E-state index contributed by atoms with van der Waals surface area (Å²) in [5.41, 5.74) is 3.10. The fourth-order valence-electron chi connectivity index (χ4n) is 2.73. The molecule has 2 N–H and O–H groups in total. The normalized spacial score (nSPS) is 10.9. The fraction of sp³-hybridized carbons (Fsp3) is 0.316. The lowest BCUT2D eigenvalue weighted by atomic mass is 10.1. The summed E-state index contributed by atoms with van der Waals surface area (Å²) < 4.78 is 1.43. The van der Waals surface area contributed by atoms with Gasteiger partial charge in [0.2, 0.25) is 5.13 Å². The van der Waals surface area contributed by atoms with Gasteiger partial charge in [0.1, 0.15) is 4.88 Å². The third-order valence-corrected chi connectivity index (χ3v) is 5.28. The zero-order valence-electron chi connectivity index (χ0n) is 15.1. The number of amides is 1. The van der Waals surface area contributed by atoms with Gasteiger partial charge in [-0.1, -0.05) is 48.6 Å². The molecule has 7 heteroatoms. The minimum Gasteiger partial charge on any atom is -0.351 e. The van der Waals surface area contributed by atoms with Crippen LogP contribution in [0.5, 0.6) is 0 Å². The third-order valence-electron chi connectivity index (χ3n) is 4.14. The summed E-state index contributed by atoms with van der Waals surface area (Å²) in [7, 11) is 0. The van der Waals surface area contributed by atoms with Gasteiger partial charge in [0, 0.05) is 24.2 Å². The summed E-state index contributed by atoms with van der Waals surface area (Å²) in [6.45, 7) is 6.28. The molecule has 0 aliphatic carbocycles. The Balaban J connectivity index is 1.92. The van der Waals surface area contributed by atoms with E-state index in [1.165, 1.54) is 16.0 Å². The monoisotopic (exact) mass is 370 g/mol. The average Bonchev–Trinajstić information content (AvgIpc) is 3.15. The number of aryl methyl sites for hydroxylation is 2. The van der Waals surface area contributed by atoms with Gasteiger partial charge in [0.15, 0.2) is 0 Å². The lowest BCUT2D eigenvalue weighted by Gasteiger charge is -2.00. The second kappa shape index (κ2) is 7.70. The number of thiazole rings is 1. The first-order valence-electron chi connectivity index (χ1n) is 8.61. The minimum atomic E-state index is -0.145. The average molecular weight is 370 g/mol. The van der Waals surface area contributed by atoms with Crippen molar-refractivity contribution >= 4 is 17.2 Å². The van der Waals surface area contributed by atoms with Gasteiger partial charge < -0.3 is 5.32 Å². The van der Waals surface area contributed by atoms with Crippen molar-refractivity contribution in [3.8, 4) is 5.13 Å². The molecule has 2 heterocycles. The Labute approximate surface area is 155 Å². The van der Waals surface area contributed by atoms with Gasteiger partial charge in [0.25, 0.3) is 11.5 Å². The molecule has 3 rings (SSSR count). The quantitative estimate of drug-likeness (QED) is 0.700. The number of carbonyl (C=O) groups is 1. The highest BCUT2D eigenvalue weighted by molar-refractivity contribution is 7.16. The molecule has 0 spiro atoms. The highest BCUT2D eigenvalue weighted by Gasteiger charge is 2.19. The van der Waals surface area contributed by atoms with Gasteiger partial charge in [-0.3, -0.25) is 14.7 Å². The summed E-state index contributed by atoms with van der Waals surface area (Å²) in [6.07, 6.45) is 1.43. The second-order valence-corrected chi connectivity index (χ2v) is 7.16. The molecule has 0 atom stereocenters. The van der Waals surface area contributed by atoms with Gasteiger partial charge in [0.05, 0.1) is 5.69 Å². The van der Waals surface area contributed by atoms with Crippen molar-refractivity contribution in [3.05, 3.63) is 68.1 Å². The lowest BCUT2D eigenvalue weighted by molar-refractivity contribution is 0.0957. The Kier molecular flexibility index (Phi) is 5.37. The predicted octanol–water partition coefficient (Wildman–Crippen LogP) is 2.97. The molecule has 0 aliphatic heterocycles. The van der Waals surface area contributed by atoms with Crippen LogP contribution >= 0.6 is 11.3 Å². The number of aromatic nitrogens is 3. The molecule has 26 heavy (non-hydrogen) atoms. The van der Waals surface area contributed by atoms with Crippen LogP contribution in [0.15, 0.2) is 35.1 Å². The standard InChI is InChI=1S/C19H22N4O2S/c1-4-10-20-17(24)16-13(3)21-19(26-16)23-18(25)15(12(2)22-23)11-14-8-6-5-7-9-14/h5-9,22H,4,10-11H2,1-3H3,(H,20,24). The first-order chi connectivity index (χ1) is 12.5. The van der Waals surface area contributed by atoms with Crippen LogP contribution in [-0.4, -0.2) is 27.2 Å². The number of rotatable bonds is 6. The van der Waals surface area contributed by atoms with Crippen molar-refractivity contribution in [1.82, 2.24) is 20.1 Å². The number of benzene rings is 1. The highest BCUT2D eigenvalue weighted by atomic mass is 32.1. The molecular weight excluding hydrogens is 348 g/mol. The Bertz CT molecular complexity index is 969. The largest absolute Gasteiger partial charge is 0.351 e. The molecule has 0 saturated heterocycles. The Hall–Kier alpha value is -2.67. The lowest BCUT2D eigenvalue weighted by Crippen LogP contribution is -2.23. The van der Waals surface area contributed by atoms with Crippen molar-refractivity contribution in [2.24, 2.45) is 0 Å². The number of nitrogens with one attached hydrogen (secondary N) is 2. The van der Waals surface area contributed by atoms with Crippen molar-refractivity contribution in [2.75, 3.05) is 6.54 Å². The number of H-pyrrole nitrogens is 1. The van der Waals surface area contributed by atoms with E-state index in [1.807, 2.05) is 44.2 Å². The van der Waals surface area contributed by atoms with Crippen molar-refractivity contribution < 1.29 is 4.79 Å². The summed E-state index contributed by atoms with van der Waals surface area (Å²) in [5.74, 6) is -0.145. The molecule has 0 radical (unpaired) electrons. The van der Waals surface area contributed by atoms with Gasteiger partial charge in [-0.25, -0.2) is 4.98 Å². The first kappa shape index (κ1) is 18.1. The number of aromatic amines is 1. The molecule has 0 bridgehead atoms. The Morgan fingerprint density at radius 3 is 2.69 bits per heavy atom. The molecule has 6 nitrogen and oxygen atoms in total. The molecule has 1 aromatic carbocycles. The van der Waals surface area contributed by atoms with Crippen LogP contribution in [0.2, 0.25) is 0 Å². The van der Waals surface area contributed by atoms with Crippen molar-refractivity contribution in [1.29, 1.82) is 0 Å². The predicted molar refractivity (Wildman–Crippen MR) is 103 cm³/mol. The molecule has 3 aromatic rings. The van der Waals surface area contributed by atoms with Gasteiger partial charge in [-0.05, 0) is 25.8 Å². The van der Waals surface area contributed by atoms with Crippen LogP contribution in [0.25, 0.3) is 5.13 Å². The molecule has 0 unspecified atom stereocenters. The number of hydrogen-bond acceptors (Lipinski definition) is 4. The highest BCUT2D eigenvalue weighted by Crippen LogP contribution is 2.21. The number of hydrogen-bond donors (Lipinski definition) is 2. The van der Waals surface area contributed by atoms with Crippen LogP contribution in [-0.2, 0) is 6.42 Å². The number of nitrogens with zero attached hydrogens (tertiary/aromatic N) is 2. The number of carbonyl (C=O) groups excluding carboxylic acids is 1. The summed E-state index contributed by atoms with van der Waals surface area (Å²) in [5, 5.41) is 6.43. The van der Waals surface area contributed by atoms with E-state index in [9.17, 15) is 9.59 Å². The van der Waals surface area contributed by atoms with Crippen molar-refractivity contribution in [2.45, 2.75) is 33.6 Å². The zero-order chi connectivity index (χ0) is 18.7. The van der Waals surface area contributed by atoms with E-state index in [0.717, 1.165) is 17.7 Å². The Morgan fingerprint density at radius 1 is 1.27 bits per heavy atom. The minimum absolute atomic E-state index is 0.124.